The van der Waals surface area contributed by atoms with Gasteiger partial charge in [0.15, 0.2) is 0 Å². The van der Waals surface area contributed by atoms with E-state index in [2.05, 4.69) is 11.9 Å². The van der Waals surface area contributed by atoms with E-state index < -0.39 is 0 Å². The smallest absolute Gasteiger partial charge is 0.256 e. The standard InChI is InChI=1S/C15H18N2O/c1-4-8-13-11(2)15(18)17(3)14(16-13)12-9-6-5-7-10-12/h5-7,9-10H,4,8H2,1-3H3. The van der Waals surface area contributed by atoms with Crippen LogP contribution in [0, 0.1) is 6.92 Å². The largest absolute Gasteiger partial charge is 0.296 e. The first-order chi connectivity index (χ1) is 8.65. The lowest BCUT2D eigenvalue weighted by Gasteiger charge is -2.12. The van der Waals surface area contributed by atoms with Gasteiger partial charge in [0, 0.05) is 18.2 Å². The molecule has 0 aliphatic rings. The highest BCUT2D eigenvalue weighted by atomic mass is 16.1. The van der Waals surface area contributed by atoms with Crippen molar-refractivity contribution in [1.82, 2.24) is 9.55 Å². The van der Waals surface area contributed by atoms with E-state index in [9.17, 15) is 4.79 Å². The predicted octanol–water partition coefficient (Wildman–Crippen LogP) is 2.71. The van der Waals surface area contributed by atoms with Gasteiger partial charge in [-0.25, -0.2) is 4.98 Å². The Kier molecular flexibility index (Phi) is 3.60. The zero-order valence-corrected chi connectivity index (χ0v) is 11.1. The van der Waals surface area contributed by atoms with Crippen LogP contribution in [0.4, 0.5) is 0 Å². The van der Waals surface area contributed by atoms with Crippen molar-refractivity contribution in [3.63, 3.8) is 0 Å². The Morgan fingerprint density at radius 2 is 1.89 bits per heavy atom. The molecule has 0 saturated heterocycles. The summed E-state index contributed by atoms with van der Waals surface area (Å²) in [4.78, 5) is 16.8. The quantitative estimate of drug-likeness (QED) is 0.829. The summed E-state index contributed by atoms with van der Waals surface area (Å²) in [5.41, 5.74) is 2.71. The van der Waals surface area contributed by atoms with Crippen molar-refractivity contribution >= 4 is 0 Å². The van der Waals surface area contributed by atoms with Gasteiger partial charge in [0.25, 0.3) is 5.56 Å². The molecule has 0 spiro atoms. The van der Waals surface area contributed by atoms with Crippen molar-refractivity contribution in [2.75, 3.05) is 0 Å². The van der Waals surface area contributed by atoms with E-state index >= 15 is 0 Å². The van der Waals surface area contributed by atoms with Crippen LogP contribution in [-0.2, 0) is 13.5 Å². The highest BCUT2D eigenvalue weighted by Gasteiger charge is 2.11. The second kappa shape index (κ2) is 5.17. The van der Waals surface area contributed by atoms with Crippen LogP contribution in [0.1, 0.15) is 24.6 Å². The van der Waals surface area contributed by atoms with Crippen molar-refractivity contribution in [2.24, 2.45) is 7.05 Å². The van der Waals surface area contributed by atoms with E-state index in [4.69, 9.17) is 0 Å². The molecule has 3 heteroatoms. The Bertz CT molecular complexity index is 600. The van der Waals surface area contributed by atoms with Gasteiger partial charge in [-0.2, -0.15) is 0 Å². The topological polar surface area (TPSA) is 34.9 Å². The molecule has 0 bridgehead atoms. The third-order valence-corrected chi connectivity index (χ3v) is 3.14. The second-order valence-electron chi connectivity index (χ2n) is 4.49. The molecule has 0 radical (unpaired) electrons. The number of nitrogens with zero attached hydrogens (tertiary/aromatic N) is 2. The molecule has 2 aromatic rings. The molecule has 0 fully saturated rings. The highest BCUT2D eigenvalue weighted by molar-refractivity contribution is 5.55. The van der Waals surface area contributed by atoms with Crippen molar-refractivity contribution in [1.29, 1.82) is 0 Å². The van der Waals surface area contributed by atoms with Crippen LogP contribution >= 0.6 is 0 Å². The maximum absolute atomic E-state index is 12.2. The summed E-state index contributed by atoms with van der Waals surface area (Å²) in [5.74, 6) is 0.745. The molecule has 0 N–H and O–H groups in total. The lowest BCUT2D eigenvalue weighted by atomic mass is 10.1. The Balaban J connectivity index is 2.65. The summed E-state index contributed by atoms with van der Waals surface area (Å²) >= 11 is 0. The van der Waals surface area contributed by atoms with Gasteiger partial charge < -0.3 is 0 Å². The van der Waals surface area contributed by atoms with Gasteiger partial charge in [-0.1, -0.05) is 43.7 Å². The minimum Gasteiger partial charge on any atom is -0.296 e. The van der Waals surface area contributed by atoms with E-state index in [-0.39, 0.29) is 5.56 Å². The molecule has 0 amide bonds. The Morgan fingerprint density at radius 3 is 2.50 bits per heavy atom. The first-order valence-electron chi connectivity index (χ1n) is 6.27. The number of benzene rings is 1. The molecular formula is C15H18N2O. The zero-order valence-electron chi connectivity index (χ0n) is 11.1. The summed E-state index contributed by atoms with van der Waals surface area (Å²) in [5, 5.41) is 0. The fourth-order valence-electron chi connectivity index (χ4n) is 2.08. The van der Waals surface area contributed by atoms with Crippen LogP contribution in [0.25, 0.3) is 11.4 Å². The van der Waals surface area contributed by atoms with Gasteiger partial charge >= 0.3 is 0 Å². The number of hydrogen-bond donors (Lipinski definition) is 0. The van der Waals surface area contributed by atoms with Gasteiger partial charge in [0.1, 0.15) is 5.82 Å². The summed E-state index contributed by atoms with van der Waals surface area (Å²) in [6.07, 6.45) is 1.84. The lowest BCUT2D eigenvalue weighted by molar-refractivity contribution is 0.778. The molecule has 18 heavy (non-hydrogen) atoms. The van der Waals surface area contributed by atoms with Gasteiger partial charge in [-0.3, -0.25) is 9.36 Å². The summed E-state index contributed by atoms with van der Waals surface area (Å²) in [6.45, 7) is 3.95. The Hall–Kier alpha value is -1.90. The second-order valence-corrected chi connectivity index (χ2v) is 4.49. The number of aryl methyl sites for hydroxylation is 1. The van der Waals surface area contributed by atoms with Crippen molar-refractivity contribution < 1.29 is 0 Å². The molecule has 94 valence electrons. The third kappa shape index (κ3) is 2.21. The molecule has 0 saturated carbocycles. The fraction of sp³-hybridized carbons (Fsp3) is 0.333. The van der Waals surface area contributed by atoms with E-state index in [1.54, 1.807) is 11.6 Å². The summed E-state index contributed by atoms with van der Waals surface area (Å²) < 4.78 is 1.63. The number of hydrogen-bond acceptors (Lipinski definition) is 2. The summed E-state index contributed by atoms with van der Waals surface area (Å²) in [6, 6.07) is 9.84. The first-order valence-corrected chi connectivity index (χ1v) is 6.27. The fourth-order valence-corrected chi connectivity index (χ4v) is 2.08. The molecule has 0 aliphatic carbocycles. The molecule has 2 rings (SSSR count). The van der Waals surface area contributed by atoms with E-state index in [1.165, 1.54) is 0 Å². The molecule has 1 aromatic carbocycles. The SMILES string of the molecule is CCCc1nc(-c2ccccc2)n(C)c(=O)c1C. The number of rotatable bonds is 3. The monoisotopic (exact) mass is 242 g/mol. The van der Waals surface area contributed by atoms with Crippen LogP contribution in [0.2, 0.25) is 0 Å². The van der Waals surface area contributed by atoms with Crippen molar-refractivity contribution in [3.8, 4) is 11.4 Å². The third-order valence-electron chi connectivity index (χ3n) is 3.14. The molecule has 3 nitrogen and oxygen atoms in total. The van der Waals surface area contributed by atoms with Gasteiger partial charge in [0.2, 0.25) is 0 Å². The zero-order chi connectivity index (χ0) is 13.1. The van der Waals surface area contributed by atoms with E-state index in [0.29, 0.717) is 0 Å². The van der Waals surface area contributed by atoms with E-state index in [1.807, 2.05) is 37.3 Å². The van der Waals surface area contributed by atoms with Crippen LogP contribution in [0.3, 0.4) is 0 Å². The minimum atomic E-state index is 0.0484. The molecule has 0 unspecified atom stereocenters. The van der Waals surface area contributed by atoms with Crippen LogP contribution < -0.4 is 5.56 Å². The van der Waals surface area contributed by atoms with Crippen molar-refractivity contribution in [3.05, 3.63) is 51.9 Å². The number of aromatic nitrogens is 2. The Labute approximate surface area is 107 Å². The highest BCUT2D eigenvalue weighted by Crippen LogP contribution is 2.16. The van der Waals surface area contributed by atoms with E-state index in [0.717, 1.165) is 35.5 Å². The maximum atomic E-state index is 12.2. The summed E-state index contributed by atoms with van der Waals surface area (Å²) in [7, 11) is 1.78. The predicted molar refractivity (Wildman–Crippen MR) is 73.6 cm³/mol. The van der Waals surface area contributed by atoms with Crippen molar-refractivity contribution in [2.45, 2.75) is 26.7 Å². The molecular weight excluding hydrogens is 224 g/mol. The molecule has 1 aromatic heterocycles. The Morgan fingerprint density at radius 1 is 1.22 bits per heavy atom. The minimum absolute atomic E-state index is 0.0484. The van der Waals surface area contributed by atoms with Gasteiger partial charge in [-0.05, 0) is 13.3 Å². The normalized spacial score (nSPS) is 10.6. The molecule has 0 aliphatic heterocycles. The van der Waals surface area contributed by atoms with Crippen LogP contribution in [-0.4, -0.2) is 9.55 Å². The first kappa shape index (κ1) is 12.6. The average molecular weight is 242 g/mol. The average Bonchev–Trinajstić information content (AvgIpc) is 2.40. The lowest BCUT2D eigenvalue weighted by Crippen LogP contribution is -2.24. The maximum Gasteiger partial charge on any atom is 0.256 e. The molecule has 0 atom stereocenters. The van der Waals surface area contributed by atoms with Gasteiger partial charge in [0.05, 0.1) is 5.69 Å². The molecule has 1 heterocycles. The van der Waals surface area contributed by atoms with Crippen LogP contribution in [0.15, 0.2) is 35.1 Å². The van der Waals surface area contributed by atoms with Crippen LogP contribution in [0.5, 0.6) is 0 Å². The van der Waals surface area contributed by atoms with Gasteiger partial charge in [-0.15, -0.1) is 0 Å².